The summed E-state index contributed by atoms with van der Waals surface area (Å²) in [6, 6.07) is 5.61. The Balaban J connectivity index is 2.79. The van der Waals surface area contributed by atoms with E-state index in [1.165, 1.54) is 6.26 Å². The summed E-state index contributed by atoms with van der Waals surface area (Å²) in [7, 11) is 0.226. The number of sulfone groups is 1. The van der Waals surface area contributed by atoms with E-state index >= 15 is 0 Å². The molecule has 6 heteroatoms. The van der Waals surface area contributed by atoms with Crippen LogP contribution < -0.4 is 14.8 Å². The fourth-order valence-electron chi connectivity index (χ4n) is 1.82. The van der Waals surface area contributed by atoms with Gasteiger partial charge >= 0.3 is 0 Å². The van der Waals surface area contributed by atoms with Gasteiger partial charge in [0.15, 0.2) is 11.5 Å². The highest BCUT2D eigenvalue weighted by Gasteiger charge is 2.15. The molecule has 0 aromatic heterocycles. The molecule has 0 saturated carbocycles. The third kappa shape index (κ3) is 4.72. The van der Waals surface area contributed by atoms with Crippen molar-refractivity contribution >= 4 is 9.84 Å². The quantitative estimate of drug-likeness (QED) is 0.821. The van der Waals surface area contributed by atoms with E-state index in [1.807, 2.05) is 25.1 Å². The molecule has 0 saturated heterocycles. The van der Waals surface area contributed by atoms with Crippen molar-refractivity contribution in [3.8, 4) is 11.5 Å². The first-order valence-electron chi connectivity index (χ1n) is 6.01. The zero-order valence-electron chi connectivity index (χ0n) is 11.8. The lowest BCUT2D eigenvalue weighted by Gasteiger charge is -2.18. The molecule has 1 aromatic rings. The molecule has 0 aliphatic heterocycles. The molecular weight excluding hydrogens is 266 g/mol. The average Bonchev–Trinajstić information content (AvgIpc) is 2.35. The van der Waals surface area contributed by atoms with Gasteiger partial charge in [-0.1, -0.05) is 12.1 Å². The van der Waals surface area contributed by atoms with E-state index in [1.54, 1.807) is 14.2 Å². The van der Waals surface area contributed by atoms with Gasteiger partial charge in [0.1, 0.15) is 9.84 Å². The van der Waals surface area contributed by atoms with Gasteiger partial charge in [-0.3, -0.25) is 0 Å². The van der Waals surface area contributed by atoms with Crippen molar-refractivity contribution in [2.24, 2.45) is 0 Å². The highest BCUT2D eigenvalue weighted by molar-refractivity contribution is 7.90. The summed E-state index contributed by atoms with van der Waals surface area (Å²) in [5.74, 6) is 1.45. The minimum Gasteiger partial charge on any atom is -0.493 e. The molecule has 0 amide bonds. The fourth-order valence-corrected chi connectivity index (χ4v) is 2.31. The first-order chi connectivity index (χ1) is 8.89. The summed E-state index contributed by atoms with van der Waals surface area (Å²) in [5, 5.41) is 3.17. The van der Waals surface area contributed by atoms with Crippen LogP contribution in [0.15, 0.2) is 18.2 Å². The Labute approximate surface area is 114 Å². The average molecular weight is 287 g/mol. The van der Waals surface area contributed by atoms with Gasteiger partial charge in [0.05, 0.1) is 20.0 Å². The summed E-state index contributed by atoms with van der Waals surface area (Å²) in [5.41, 5.74) is 0.940. The van der Waals surface area contributed by atoms with Crippen molar-refractivity contribution in [3.05, 3.63) is 23.8 Å². The van der Waals surface area contributed by atoms with E-state index in [2.05, 4.69) is 5.32 Å². The molecule has 0 aliphatic rings. The van der Waals surface area contributed by atoms with E-state index in [-0.39, 0.29) is 11.8 Å². The van der Waals surface area contributed by atoms with Gasteiger partial charge in [-0.15, -0.1) is 0 Å². The van der Waals surface area contributed by atoms with Crippen LogP contribution in [0.4, 0.5) is 0 Å². The second-order valence-electron chi connectivity index (χ2n) is 4.39. The molecule has 0 bridgehead atoms. The maximum atomic E-state index is 11.1. The highest BCUT2D eigenvalue weighted by Crippen LogP contribution is 2.34. The minimum absolute atomic E-state index is 0.0215. The van der Waals surface area contributed by atoms with Crippen LogP contribution in [-0.2, 0) is 9.84 Å². The van der Waals surface area contributed by atoms with Gasteiger partial charge in [-0.25, -0.2) is 8.42 Å². The molecule has 0 fully saturated rings. The normalized spacial score (nSPS) is 13.1. The number of benzene rings is 1. The topological polar surface area (TPSA) is 64.6 Å². The molecular formula is C13H21NO4S. The van der Waals surface area contributed by atoms with Gasteiger partial charge in [0, 0.05) is 24.4 Å². The first-order valence-corrected chi connectivity index (χ1v) is 8.07. The highest BCUT2D eigenvalue weighted by atomic mass is 32.2. The summed E-state index contributed by atoms with van der Waals surface area (Å²) in [6.07, 6.45) is 1.23. The Morgan fingerprint density at radius 3 is 2.47 bits per heavy atom. The number of methoxy groups -OCH3 is 2. The van der Waals surface area contributed by atoms with Gasteiger partial charge < -0.3 is 14.8 Å². The smallest absolute Gasteiger partial charge is 0.165 e. The molecule has 0 radical (unpaired) electrons. The molecule has 1 unspecified atom stereocenters. The Bertz CT molecular complexity index is 513. The summed E-state index contributed by atoms with van der Waals surface area (Å²) >= 11 is 0. The molecule has 5 nitrogen and oxygen atoms in total. The van der Waals surface area contributed by atoms with Crippen LogP contribution in [0.1, 0.15) is 18.5 Å². The van der Waals surface area contributed by atoms with Crippen molar-refractivity contribution < 1.29 is 17.9 Å². The molecule has 1 N–H and O–H groups in total. The van der Waals surface area contributed by atoms with Crippen LogP contribution in [0, 0.1) is 0 Å². The lowest BCUT2D eigenvalue weighted by Crippen LogP contribution is -2.25. The summed E-state index contributed by atoms with van der Waals surface area (Å²) in [4.78, 5) is 0. The van der Waals surface area contributed by atoms with Crippen LogP contribution in [-0.4, -0.2) is 41.2 Å². The minimum atomic E-state index is -2.95. The predicted molar refractivity (Wildman–Crippen MR) is 75.7 cm³/mol. The van der Waals surface area contributed by atoms with Crippen molar-refractivity contribution in [3.63, 3.8) is 0 Å². The fraction of sp³-hybridized carbons (Fsp3) is 0.538. The van der Waals surface area contributed by atoms with Gasteiger partial charge in [0.25, 0.3) is 0 Å². The molecule has 19 heavy (non-hydrogen) atoms. The number of ether oxygens (including phenoxy) is 2. The molecule has 1 aromatic carbocycles. The van der Waals surface area contributed by atoms with Crippen LogP contribution in [0.25, 0.3) is 0 Å². The molecule has 0 aliphatic carbocycles. The summed E-state index contributed by atoms with van der Waals surface area (Å²) in [6.45, 7) is 2.36. The van der Waals surface area contributed by atoms with E-state index in [4.69, 9.17) is 9.47 Å². The SMILES string of the molecule is COc1cccc(C(C)NCCS(C)(=O)=O)c1OC. The maximum Gasteiger partial charge on any atom is 0.165 e. The molecule has 108 valence electrons. The Kier molecular flexibility index (Phi) is 5.62. The Morgan fingerprint density at radius 2 is 1.95 bits per heavy atom. The largest absolute Gasteiger partial charge is 0.493 e. The number of hydrogen-bond donors (Lipinski definition) is 1. The predicted octanol–water partition coefficient (Wildman–Crippen LogP) is 1.40. The second-order valence-corrected chi connectivity index (χ2v) is 6.65. The van der Waals surface area contributed by atoms with Crippen molar-refractivity contribution in [2.45, 2.75) is 13.0 Å². The third-order valence-corrected chi connectivity index (χ3v) is 3.77. The molecule has 1 rings (SSSR count). The van der Waals surface area contributed by atoms with Gasteiger partial charge in [-0.2, -0.15) is 0 Å². The van der Waals surface area contributed by atoms with E-state index < -0.39 is 9.84 Å². The van der Waals surface area contributed by atoms with Crippen LogP contribution >= 0.6 is 0 Å². The van der Waals surface area contributed by atoms with Crippen molar-refractivity contribution in [1.82, 2.24) is 5.32 Å². The molecule has 0 heterocycles. The summed E-state index contributed by atoms with van der Waals surface area (Å²) < 4.78 is 32.8. The van der Waals surface area contributed by atoms with Gasteiger partial charge in [-0.05, 0) is 13.0 Å². The number of hydrogen-bond acceptors (Lipinski definition) is 5. The number of para-hydroxylation sites is 1. The number of rotatable bonds is 7. The van der Waals surface area contributed by atoms with Crippen LogP contribution in [0.5, 0.6) is 11.5 Å². The van der Waals surface area contributed by atoms with Gasteiger partial charge in [0.2, 0.25) is 0 Å². The van der Waals surface area contributed by atoms with Crippen molar-refractivity contribution in [1.29, 1.82) is 0 Å². The standard InChI is InChI=1S/C13H21NO4S/c1-10(14-8-9-19(4,15)16)11-6-5-7-12(17-2)13(11)18-3/h5-7,10,14H,8-9H2,1-4H3. The lowest BCUT2D eigenvalue weighted by molar-refractivity contribution is 0.348. The first kappa shape index (κ1) is 15.8. The van der Waals surface area contributed by atoms with E-state index in [9.17, 15) is 8.42 Å². The Hall–Kier alpha value is -1.27. The van der Waals surface area contributed by atoms with Crippen molar-refractivity contribution in [2.75, 3.05) is 32.8 Å². The number of nitrogens with one attached hydrogen (secondary N) is 1. The van der Waals surface area contributed by atoms with Crippen LogP contribution in [0.2, 0.25) is 0 Å². The zero-order valence-corrected chi connectivity index (χ0v) is 12.6. The Morgan fingerprint density at radius 1 is 1.26 bits per heavy atom. The monoisotopic (exact) mass is 287 g/mol. The van der Waals surface area contributed by atoms with E-state index in [0.717, 1.165) is 5.56 Å². The van der Waals surface area contributed by atoms with Crippen LogP contribution in [0.3, 0.4) is 0 Å². The zero-order chi connectivity index (χ0) is 14.5. The maximum absolute atomic E-state index is 11.1. The second kappa shape index (κ2) is 6.77. The lowest BCUT2D eigenvalue weighted by atomic mass is 10.1. The molecule has 0 spiro atoms. The third-order valence-electron chi connectivity index (χ3n) is 2.82. The van der Waals surface area contributed by atoms with E-state index in [0.29, 0.717) is 18.0 Å². The molecule has 1 atom stereocenters.